The lowest BCUT2D eigenvalue weighted by Gasteiger charge is -2.27. The number of hydrogen-bond acceptors (Lipinski definition) is 3. The molecule has 202 valence electrons. The first-order valence-electron chi connectivity index (χ1n) is 15.2. The number of esters is 1. The minimum atomic E-state index is 0.0886. The first-order chi connectivity index (χ1) is 16.5. The lowest BCUT2D eigenvalue weighted by Crippen LogP contribution is -2.24. The summed E-state index contributed by atoms with van der Waals surface area (Å²) in [6.45, 7) is 8.62. The molecule has 0 heterocycles. The molecular weight excluding hydrogens is 420 g/mol. The second kappa shape index (κ2) is 21.7. The van der Waals surface area contributed by atoms with Gasteiger partial charge in [-0.05, 0) is 56.3 Å². The van der Waals surface area contributed by atoms with Gasteiger partial charge < -0.3 is 9.47 Å². The Balaban J connectivity index is 1.91. The molecule has 0 N–H and O–H groups in total. The standard InChI is InChI=1S/C31H60O3/c1-27(2)17-15-18-28(3)19-16-20-29-21-23-30(24-22-29)31(32)34-26-14-12-10-8-6-5-7-9-11-13-25-33-4/h27-30H,5-26H2,1-4H3. The summed E-state index contributed by atoms with van der Waals surface area (Å²) in [7, 11) is 1.78. The van der Waals surface area contributed by atoms with E-state index in [-0.39, 0.29) is 11.9 Å². The fourth-order valence-electron chi connectivity index (χ4n) is 5.51. The van der Waals surface area contributed by atoms with Crippen molar-refractivity contribution in [2.45, 2.75) is 149 Å². The normalized spacial score (nSPS) is 19.4. The van der Waals surface area contributed by atoms with Gasteiger partial charge in [-0.1, -0.05) is 111 Å². The van der Waals surface area contributed by atoms with Gasteiger partial charge in [-0.2, -0.15) is 0 Å². The van der Waals surface area contributed by atoms with Gasteiger partial charge >= 0.3 is 5.97 Å². The molecule has 34 heavy (non-hydrogen) atoms. The fourth-order valence-corrected chi connectivity index (χ4v) is 5.51. The van der Waals surface area contributed by atoms with Gasteiger partial charge in [0.05, 0.1) is 12.5 Å². The average Bonchev–Trinajstić information content (AvgIpc) is 2.82. The first kappa shape index (κ1) is 31.5. The summed E-state index contributed by atoms with van der Waals surface area (Å²) < 4.78 is 10.7. The highest BCUT2D eigenvalue weighted by Gasteiger charge is 2.27. The number of carbonyl (C=O) groups excluding carboxylic acids is 1. The Kier molecular flexibility index (Phi) is 20.1. The third-order valence-corrected chi connectivity index (χ3v) is 7.95. The van der Waals surface area contributed by atoms with Crippen molar-refractivity contribution in [3.63, 3.8) is 0 Å². The average molecular weight is 481 g/mol. The van der Waals surface area contributed by atoms with E-state index < -0.39 is 0 Å². The molecule has 0 aromatic heterocycles. The number of carbonyl (C=O) groups is 1. The number of rotatable bonds is 22. The smallest absolute Gasteiger partial charge is 0.308 e. The maximum atomic E-state index is 12.4. The lowest BCUT2D eigenvalue weighted by atomic mass is 9.79. The Morgan fingerprint density at radius 3 is 1.76 bits per heavy atom. The van der Waals surface area contributed by atoms with Crippen LogP contribution >= 0.6 is 0 Å². The zero-order chi connectivity index (χ0) is 24.9. The number of hydrogen-bond donors (Lipinski definition) is 0. The van der Waals surface area contributed by atoms with Gasteiger partial charge in [-0.3, -0.25) is 4.79 Å². The van der Waals surface area contributed by atoms with E-state index in [1.165, 1.54) is 109 Å². The van der Waals surface area contributed by atoms with Crippen molar-refractivity contribution in [1.82, 2.24) is 0 Å². The molecule has 1 aliphatic rings. The molecule has 0 aliphatic heterocycles. The summed E-state index contributed by atoms with van der Waals surface area (Å²) in [5.74, 6) is 2.83. The van der Waals surface area contributed by atoms with E-state index in [1.54, 1.807) is 7.11 Å². The van der Waals surface area contributed by atoms with Crippen LogP contribution < -0.4 is 0 Å². The molecule has 1 aliphatic carbocycles. The molecule has 1 rings (SSSR count). The Bertz CT molecular complexity index is 454. The molecule has 0 saturated heterocycles. The summed E-state index contributed by atoms with van der Waals surface area (Å²) in [5.41, 5.74) is 0. The number of ether oxygens (including phenoxy) is 2. The summed E-state index contributed by atoms with van der Waals surface area (Å²) in [6.07, 6.45) is 25.6. The molecule has 0 spiro atoms. The van der Waals surface area contributed by atoms with Crippen molar-refractivity contribution in [2.24, 2.45) is 23.7 Å². The molecule has 1 unspecified atom stereocenters. The quantitative estimate of drug-likeness (QED) is 0.114. The summed E-state index contributed by atoms with van der Waals surface area (Å²) in [6, 6.07) is 0. The second-order valence-corrected chi connectivity index (χ2v) is 11.8. The van der Waals surface area contributed by atoms with Gasteiger partial charge in [0.25, 0.3) is 0 Å². The van der Waals surface area contributed by atoms with Crippen LogP contribution in [0.15, 0.2) is 0 Å². The Labute approximate surface area is 213 Å². The summed E-state index contributed by atoms with van der Waals surface area (Å²) in [5, 5.41) is 0. The van der Waals surface area contributed by atoms with E-state index in [0.29, 0.717) is 6.61 Å². The van der Waals surface area contributed by atoms with Crippen molar-refractivity contribution in [3.05, 3.63) is 0 Å². The summed E-state index contributed by atoms with van der Waals surface area (Å²) >= 11 is 0. The molecule has 0 aromatic carbocycles. The third kappa shape index (κ3) is 17.8. The van der Waals surface area contributed by atoms with E-state index >= 15 is 0 Å². The largest absolute Gasteiger partial charge is 0.465 e. The number of methoxy groups -OCH3 is 1. The maximum Gasteiger partial charge on any atom is 0.308 e. The van der Waals surface area contributed by atoms with Gasteiger partial charge in [0, 0.05) is 13.7 Å². The molecule has 1 saturated carbocycles. The minimum Gasteiger partial charge on any atom is -0.465 e. The van der Waals surface area contributed by atoms with E-state index in [0.717, 1.165) is 43.6 Å². The van der Waals surface area contributed by atoms with Crippen LogP contribution in [0.2, 0.25) is 0 Å². The SMILES string of the molecule is COCCCCCCCCCCCCOC(=O)C1CCC(CCCC(C)CCCC(C)C)CC1. The van der Waals surface area contributed by atoms with E-state index in [1.807, 2.05) is 0 Å². The predicted molar refractivity (Wildman–Crippen MR) is 146 cm³/mol. The topological polar surface area (TPSA) is 35.5 Å². The van der Waals surface area contributed by atoms with Gasteiger partial charge in [-0.25, -0.2) is 0 Å². The highest BCUT2D eigenvalue weighted by atomic mass is 16.5. The van der Waals surface area contributed by atoms with Crippen LogP contribution in [0, 0.1) is 23.7 Å². The van der Waals surface area contributed by atoms with Gasteiger partial charge in [0.1, 0.15) is 0 Å². The van der Waals surface area contributed by atoms with Crippen LogP contribution in [0.5, 0.6) is 0 Å². The Morgan fingerprint density at radius 2 is 1.21 bits per heavy atom. The minimum absolute atomic E-state index is 0.0886. The zero-order valence-electron chi connectivity index (χ0n) is 23.6. The fraction of sp³-hybridized carbons (Fsp3) is 0.968. The van der Waals surface area contributed by atoms with E-state index in [4.69, 9.17) is 9.47 Å². The second-order valence-electron chi connectivity index (χ2n) is 11.8. The summed E-state index contributed by atoms with van der Waals surface area (Å²) in [4.78, 5) is 12.4. The van der Waals surface area contributed by atoms with Crippen molar-refractivity contribution in [2.75, 3.05) is 20.3 Å². The molecular formula is C31H60O3. The van der Waals surface area contributed by atoms with E-state index in [2.05, 4.69) is 20.8 Å². The number of unbranched alkanes of at least 4 members (excludes halogenated alkanes) is 9. The predicted octanol–water partition coefficient (Wildman–Crippen LogP) is 9.52. The van der Waals surface area contributed by atoms with Crippen molar-refractivity contribution < 1.29 is 14.3 Å². The zero-order valence-corrected chi connectivity index (χ0v) is 23.6. The van der Waals surface area contributed by atoms with Crippen LogP contribution in [-0.2, 0) is 14.3 Å². The highest BCUT2D eigenvalue weighted by Crippen LogP contribution is 2.33. The molecule has 3 heteroatoms. The monoisotopic (exact) mass is 480 g/mol. The van der Waals surface area contributed by atoms with Gasteiger partial charge in [-0.15, -0.1) is 0 Å². The maximum absolute atomic E-state index is 12.4. The van der Waals surface area contributed by atoms with Crippen molar-refractivity contribution in [1.29, 1.82) is 0 Å². The molecule has 0 amide bonds. The van der Waals surface area contributed by atoms with Crippen LogP contribution in [-0.4, -0.2) is 26.3 Å². The van der Waals surface area contributed by atoms with Crippen molar-refractivity contribution in [3.8, 4) is 0 Å². The molecule has 0 radical (unpaired) electrons. The Hall–Kier alpha value is -0.570. The van der Waals surface area contributed by atoms with Gasteiger partial charge in [0.2, 0.25) is 0 Å². The lowest BCUT2D eigenvalue weighted by molar-refractivity contribution is -0.150. The van der Waals surface area contributed by atoms with E-state index in [9.17, 15) is 4.79 Å². The molecule has 0 bridgehead atoms. The Morgan fingerprint density at radius 1 is 0.676 bits per heavy atom. The van der Waals surface area contributed by atoms with Crippen LogP contribution in [0.25, 0.3) is 0 Å². The van der Waals surface area contributed by atoms with Crippen LogP contribution in [0.4, 0.5) is 0 Å². The third-order valence-electron chi connectivity index (χ3n) is 7.95. The van der Waals surface area contributed by atoms with Crippen molar-refractivity contribution >= 4 is 5.97 Å². The van der Waals surface area contributed by atoms with Crippen LogP contribution in [0.3, 0.4) is 0 Å². The van der Waals surface area contributed by atoms with Crippen LogP contribution in [0.1, 0.15) is 149 Å². The molecule has 1 atom stereocenters. The first-order valence-corrected chi connectivity index (χ1v) is 15.2. The molecule has 1 fully saturated rings. The molecule has 3 nitrogen and oxygen atoms in total. The highest BCUT2D eigenvalue weighted by molar-refractivity contribution is 5.72. The molecule has 0 aromatic rings. The van der Waals surface area contributed by atoms with Gasteiger partial charge in [0.15, 0.2) is 0 Å².